The lowest BCUT2D eigenvalue weighted by Gasteiger charge is -2.34. The van der Waals surface area contributed by atoms with Gasteiger partial charge in [0.15, 0.2) is 17.8 Å². The van der Waals surface area contributed by atoms with Crippen molar-refractivity contribution in [3.63, 3.8) is 0 Å². The molecule has 4 fully saturated rings. The maximum Gasteiger partial charge on any atom is 0.412 e. The summed E-state index contributed by atoms with van der Waals surface area (Å²) < 4.78 is 42.0. The number of fused-ring (bicyclic) bond motifs is 2. The van der Waals surface area contributed by atoms with Crippen LogP contribution in [0.15, 0.2) is 66.9 Å². The van der Waals surface area contributed by atoms with Crippen LogP contribution >= 0.6 is 0 Å². The average molecular weight is 700 g/mol. The Labute approximate surface area is 300 Å². The molecule has 1 aliphatic carbocycles. The van der Waals surface area contributed by atoms with Gasteiger partial charge < -0.3 is 33.2 Å². The Morgan fingerprint density at radius 1 is 0.961 bits per heavy atom. The van der Waals surface area contributed by atoms with Crippen LogP contribution in [0.2, 0.25) is 0 Å². The number of ether oxygens (including phenoxy) is 7. The van der Waals surface area contributed by atoms with Crippen LogP contribution in [-0.4, -0.2) is 84.2 Å². The maximum atomic E-state index is 14.3. The standard InChI is InChI=1S/C40H49N3O8/c1-40(2)43(39(44)50-37-25-47-38-32(37)16-18-45-38)33(19-27-10-13-31(14-11-27)46-24-30-9-5-6-17-41-30)36(51-40)23-42(21-28-7-3-4-8-28)22-29-12-15-34-35(20-29)49-26-48-34/h5-6,9-15,17,20,28,32-33,36-38H,3-4,7-8,16,18-19,21-26H2,1-2H3/t32-,33-,36+,37-,38+/m0/s1. The zero-order chi connectivity index (χ0) is 34.8. The highest BCUT2D eigenvalue weighted by Gasteiger charge is 2.53. The summed E-state index contributed by atoms with van der Waals surface area (Å²) in [6, 6.07) is 19.9. The highest BCUT2D eigenvalue weighted by atomic mass is 16.7. The lowest BCUT2D eigenvalue weighted by Crippen LogP contribution is -2.51. The topological polar surface area (TPSA) is 101 Å². The summed E-state index contributed by atoms with van der Waals surface area (Å²) in [4.78, 5) is 23.0. The van der Waals surface area contributed by atoms with Crippen LogP contribution in [0.4, 0.5) is 4.79 Å². The van der Waals surface area contributed by atoms with Crippen LogP contribution in [0, 0.1) is 11.8 Å². The van der Waals surface area contributed by atoms with Crippen molar-refractivity contribution < 1.29 is 38.0 Å². The number of amides is 1. The fraction of sp³-hybridized carbons (Fsp3) is 0.550. The van der Waals surface area contributed by atoms with E-state index in [2.05, 4.69) is 34.1 Å². The molecule has 2 aromatic carbocycles. The zero-order valence-corrected chi connectivity index (χ0v) is 29.6. The van der Waals surface area contributed by atoms with Gasteiger partial charge in [0, 0.05) is 25.8 Å². The normalized spacial score (nSPS) is 26.6. The molecule has 0 bridgehead atoms. The summed E-state index contributed by atoms with van der Waals surface area (Å²) in [5, 5.41) is 0. The number of hydrogen-bond donors (Lipinski definition) is 0. The number of pyridine rings is 1. The van der Waals surface area contributed by atoms with E-state index in [1.807, 2.05) is 55.1 Å². The highest BCUT2D eigenvalue weighted by Crippen LogP contribution is 2.39. The minimum absolute atomic E-state index is 0.0528. The van der Waals surface area contributed by atoms with Gasteiger partial charge in [-0.1, -0.05) is 37.1 Å². The van der Waals surface area contributed by atoms with E-state index in [9.17, 15) is 4.79 Å². The molecule has 8 rings (SSSR count). The van der Waals surface area contributed by atoms with Crippen molar-refractivity contribution >= 4 is 6.09 Å². The molecule has 3 aromatic rings. The zero-order valence-electron chi connectivity index (χ0n) is 29.6. The molecule has 5 heterocycles. The third-order valence-corrected chi connectivity index (χ3v) is 11.0. The summed E-state index contributed by atoms with van der Waals surface area (Å²) in [5.74, 6) is 3.03. The SMILES string of the molecule is CC1(C)O[C@H](CN(Cc2ccc3c(c2)OCO3)CC2CCCC2)[C@H](Cc2ccc(OCc3ccccn3)cc2)N1C(=O)O[C@H]1CO[C@H]2OCC[C@H]21. The van der Waals surface area contributed by atoms with Crippen LogP contribution in [0.5, 0.6) is 17.2 Å². The maximum absolute atomic E-state index is 14.3. The van der Waals surface area contributed by atoms with Crippen LogP contribution in [0.3, 0.4) is 0 Å². The Kier molecular flexibility index (Phi) is 10.0. The van der Waals surface area contributed by atoms with Gasteiger partial charge in [-0.25, -0.2) is 4.79 Å². The Morgan fingerprint density at radius 2 is 1.78 bits per heavy atom. The van der Waals surface area contributed by atoms with Crippen LogP contribution < -0.4 is 14.2 Å². The number of nitrogens with zero attached hydrogens (tertiary/aromatic N) is 3. The first-order valence-corrected chi connectivity index (χ1v) is 18.5. The molecule has 0 spiro atoms. The fourth-order valence-corrected chi connectivity index (χ4v) is 8.46. The van der Waals surface area contributed by atoms with Gasteiger partial charge in [-0.2, -0.15) is 0 Å². The Morgan fingerprint density at radius 3 is 2.61 bits per heavy atom. The van der Waals surface area contributed by atoms with E-state index in [0.717, 1.165) is 53.6 Å². The summed E-state index contributed by atoms with van der Waals surface area (Å²) in [7, 11) is 0. The second kappa shape index (κ2) is 15.0. The monoisotopic (exact) mass is 699 g/mol. The Balaban J connectivity index is 1.03. The molecule has 51 heavy (non-hydrogen) atoms. The average Bonchev–Trinajstić information content (AvgIpc) is 3.97. The van der Waals surface area contributed by atoms with Crippen molar-refractivity contribution in [2.45, 2.75) is 95.8 Å². The summed E-state index contributed by atoms with van der Waals surface area (Å²) in [5.41, 5.74) is 2.23. The predicted molar refractivity (Wildman–Crippen MR) is 187 cm³/mol. The first-order valence-electron chi connectivity index (χ1n) is 18.5. The molecule has 272 valence electrons. The van der Waals surface area contributed by atoms with Crippen molar-refractivity contribution in [1.29, 1.82) is 0 Å². The first-order chi connectivity index (χ1) is 24.9. The molecule has 11 heteroatoms. The smallest absolute Gasteiger partial charge is 0.412 e. The van der Waals surface area contributed by atoms with Crippen molar-refractivity contribution in [2.24, 2.45) is 11.8 Å². The van der Waals surface area contributed by atoms with Crippen molar-refractivity contribution in [1.82, 2.24) is 14.8 Å². The van der Waals surface area contributed by atoms with Gasteiger partial charge in [0.1, 0.15) is 24.2 Å². The third kappa shape index (κ3) is 7.82. The minimum Gasteiger partial charge on any atom is -0.487 e. The van der Waals surface area contributed by atoms with Crippen LogP contribution in [0.1, 0.15) is 62.8 Å². The summed E-state index contributed by atoms with van der Waals surface area (Å²) in [6.07, 6.45) is 6.93. The van der Waals surface area contributed by atoms with Gasteiger partial charge >= 0.3 is 6.09 Å². The molecular formula is C40H49N3O8. The van der Waals surface area contributed by atoms with Gasteiger partial charge in [-0.3, -0.25) is 14.8 Å². The van der Waals surface area contributed by atoms with Crippen molar-refractivity contribution in [3.05, 3.63) is 83.7 Å². The number of hydrogen-bond acceptors (Lipinski definition) is 10. The molecule has 0 radical (unpaired) electrons. The predicted octanol–water partition coefficient (Wildman–Crippen LogP) is 6.33. The number of carbonyl (C=O) groups is 1. The molecule has 5 aliphatic rings. The van der Waals surface area contributed by atoms with Gasteiger partial charge in [0.05, 0.1) is 37.0 Å². The second-order valence-corrected chi connectivity index (χ2v) is 15.0. The van der Waals surface area contributed by atoms with E-state index < -0.39 is 5.72 Å². The fourth-order valence-electron chi connectivity index (χ4n) is 8.46. The lowest BCUT2D eigenvalue weighted by molar-refractivity contribution is -0.0912. The Bertz CT molecular complexity index is 1630. The largest absolute Gasteiger partial charge is 0.487 e. The summed E-state index contributed by atoms with van der Waals surface area (Å²) in [6.45, 7) is 7.93. The van der Waals surface area contributed by atoms with Gasteiger partial charge in [-0.15, -0.1) is 0 Å². The lowest BCUT2D eigenvalue weighted by atomic mass is 9.98. The molecule has 5 atom stereocenters. The molecule has 11 nitrogen and oxygen atoms in total. The number of benzene rings is 2. The summed E-state index contributed by atoms with van der Waals surface area (Å²) >= 11 is 0. The van der Waals surface area contributed by atoms with Gasteiger partial charge in [0.25, 0.3) is 0 Å². The van der Waals surface area contributed by atoms with Crippen LogP contribution in [0.25, 0.3) is 0 Å². The molecule has 3 saturated heterocycles. The minimum atomic E-state index is -0.888. The number of carbonyl (C=O) groups excluding carboxylic acids is 1. The van der Waals surface area contributed by atoms with E-state index in [1.165, 1.54) is 25.7 Å². The van der Waals surface area contributed by atoms with E-state index in [1.54, 1.807) is 6.20 Å². The molecule has 1 amide bonds. The number of aromatic nitrogens is 1. The highest BCUT2D eigenvalue weighted by molar-refractivity contribution is 5.70. The van der Waals surface area contributed by atoms with E-state index in [0.29, 0.717) is 38.7 Å². The molecule has 4 aliphatic heterocycles. The second-order valence-electron chi connectivity index (χ2n) is 15.0. The van der Waals surface area contributed by atoms with Crippen LogP contribution in [-0.2, 0) is 38.5 Å². The van der Waals surface area contributed by atoms with E-state index in [-0.39, 0.29) is 43.3 Å². The van der Waals surface area contributed by atoms with E-state index >= 15 is 0 Å². The molecule has 1 aromatic heterocycles. The van der Waals surface area contributed by atoms with Crippen molar-refractivity contribution in [2.75, 3.05) is 33.1 Å². The number of rotatable bonds is 12. The molecular weight excluding hydrogens is 650 g/mol. The van der Waals surface area contributed by atoms with Gasteiger partial charge in [-0.05, 0) is 93.0 Å². The van der Waals surface area contributed by atoms with E-state index in [4.69, 9.17) is 33.2 Å². The molecule has 0 unspecified atom stereocenters. The quantitative estimate of drug-likeness (QED) is 0.213. The first kappa shape index (κ1) is 34.2. The third-order valence-electron chi connectivity index (χ3n) is 11.0. The van der Waals surface area contributed by atoms with Crippen molar-refractivity contribution in [3.8, 4) is 17.2 Å². The Hall–Kier alpha value is -3.90. The molecule has 1 saturated carbocycles. The molecule has 0 N–H and O–H groups in total. The van der Waals surface area contributed by atoms with Gasteiger partial charge in [0.2, 0.25) is 6.79 Å².